The van der Waals surface area contributed by atoms with Gasteiger partial charge in [-0.1, -0.05) is 30.3 Å². The number of nitrogens with one attached hydrogen (secondary N) is 2. The highest BCUT2D eigenvalue weighted by molar-refractivity contribution is 7.17. The molecule has 0 unspecified atom stereocenters. The number of benzene rings is 2. The number of thiophene rings is 1. The second-order valence-corrected chi connectivity index (χ2v) is 7.68. The van der Waals surface area contributed by atoms with E-state index < -0.39 is 0 Å². The molecule has 8 nitrogen and oxygen atoms in total. The van der Waals surface area contributed by atoms with E-state index in [0.29, 0.717) is 40.1 Å². The molecule has 0 fully saturated rings. The second kappa shape index (κ2) is 9.52. The van der Waals surface area contributed by atoms with Crippen LogP contribution in [-0.2, 0) is 0 Å². The second-order valence-electron chi connectivity index (χ2n) is 6.63. The highest BCUT2D eigenvalue weighted by Gasteiger charge is 2.20. The Morgan fingerprint density at radius 2 is 1.88 bits per heavy atom. The highest BCUT2D eigenvalue weighted by atomic mass is 32.1. The highest BCUT2D eigenvalue weighted by Crippen LogP contribution is 2.37. The molecule has 0 bridgehead atoms. The lowest BCUT2D eigenvalue weighted by Crippen LogP contribution is -2.12. The van der Waals surface area contributed by atoms with Gasteiger partial charge in [0.25, 0.3) is 5.91 Å². The fourth-order valence-corrected chi connectivity index (χ4v) is 4.13. The molecule has 164 valence electrons. The lowest BCUT2D eigenvalue weighted by molar-refractivity contribution is 0.102. The number of ether oxygens (including phenoxy) is 3. The minimum Gasteiger partial charge on any atom is -0.497 e. The molecular weight excluding hydrogens is 428 g/mol. The maximum absolute atomic E-state index is 13.0. The van der Waals surface area contributed by atoms with Crippen LogP contribution in [0, 0.1) is 0 Å². The Hall–Kier alpha value is -3.85. The van der Waals surface area contributed by atoms with Gasteiger partial charge in [0.1, 0.15) is 22.1 Å². The monoisotopic (exact) mass is 450 g/mol. The summed E-state index contributed by atoms with van der Waals surface area (Å²) in [4.78, 5) is 18.8. The number of amides is 1. The predicted molar refractivity (Wildman–Crippen MR) is 124 cm³/mol. The zero-order valence-corrected chi connectivity index (χ0v) is 18.7. The summed E-state index contributed by atoms with van der Waals surface area (Å²) in [6.07, 6.45) is 0. The number of carbonyl (C=O) groups is 1. The van der Waals surface area contributed by atoms with E-state index in [4.69, 9.17) is 14.2 Å². The first-order valence-corrected chi connectivity index (χ1v) is 10.7. The number of nitrogens with zero attached hydrogens (tertiary/aromatic N) is 2. The van der Waals surface area contributed by atoms with Crippen LogP contribution in [0.15, 0.2) is 54.6 Å². The summed E-state index contributed by atoms with van der Waals surface area (Å²) in [5.74, 6) is 2.03. The average Bonchev–Trinajstić information content (AvgIpc) is 3.47. The molecule has 0 atom stereocenters. The number of carbonyl (C=O) groups excluding carboxylic acids is 1. The molecule has 0 aliphatic rings. The molecule has 4 aromatic rings. The number of methoxy groups -OCH3 is 2. The van der Waals surface area contributed by atoms with Gasteiger partial charge in [0.15, 0.2) is 5.82 Å². The zero-order valence-electron chi connectivity index (χ0n) is 17.8. The van der Waals surface area contributed by atoms with Crippen LogP contribution in [-0.4, -0.2) is 41.9 Å². The molecule has 2 aromatic heterocycles. The van der Waals surface area contributed by atoms with Gasteiger partial charge in [-0.25, -0.2) is 0 Å². The van der Waals surface area contributed by atoms with Crippen LogP contribution in [0.5, 0.6) is 17.2 Å². The van der Waals surface area contributed by atoms with E-state index in [1.54, 1.807) is 26.4 Å². The van der Waals surface area contributed by atoms with Crippen LogP contribution in [0.3, 0.4) is 0 Å². The van der Waals surface area contributed by atoms with Crippen molar-refractivity contribution in [1.82, 2.24) is 15.2 Å². The van der Waals surface area contributed by atoms with Crippen LogP contribution >= 0.6 is 11.3 Å². The summed E-state index contributed by atoms with van der Waals surface area (Å²) in [7, 11) is 3.15. The van der Waals surface area contributed by atoms with E-state index in [0.717, 1.165) is 10.4 Å². The van der Waals surface area contributed by atoms with E-state index in [2.05, 4.69) is 20.5 Å². The molecule has 0 saturated carbocycles. The quantitative estimate of drug-likeness (QED) is 0.397. The van der Waals surface area contributed by atoms with Crippen molar-refractivity contribution in [1.29, 1.82) is 0 Å². The van der Waals surface area contributed by atoms with Gasteiger partial charge < -0.3 is 14.2 Å². The minimum absolute atomic E-state index is 0.153. The van der Waals surface area contributed by atoms with Crippen LogP contribution in [0.2, 0.25) is 0 Å². The summed E-state index contributed by atoms with van der Waals surface area (Å²) in [6, 6.07) is 17.1. The van der Waals surface area contributed by atoms with Crippen molar-refractivity contribution in [3.05, 3.63) is 59.5 Å². The van der Waals surface area contributed by atoms with Crippen molar-refractivity contribution in [2.75, 3.05) is 26.1 Å². The molecule has 0 radical (unpaired) electrons. The third kappa shape index (κ3) is 4.42. The largest absolute Gasteiger partial charge is 0.497 e. The van der Waals surface area contributed by atoms with E-state index >= 15 is 0 Å². The molecule has 0 saturated heterocycles. The van der Waals surface area contributed by atoms with E-state index in [9.17, 15) is 4.79 Å². The first-order valence-electron chi connectivity index (χ1n) is 9.91. The van der Waals surface area contributed by atoms with Gasteiger partial charge in [0, 0.05) is 10.9 Å². The van der Waals surface area contributed by atoms with Gasteiger partial charge in [0.2, 0.25) is 5.95 Å². The first-order chi connectivity index (χ1) is 15.6. The number of rotatable bonds is 8. The fourth-order valence-electron chi connectivity index (χ4n) is 3.13. The van der Waals surface area contributed by atoms with Crippen molar-refractivity contribution >= 4 is 23.2 Å². The average molecular weight is 451 g/mol. The molecule has 0 aliphatic heterocycles. The first kappa shape index (κ1) is 21.4. The van der Waals surface area contributed by atoms with Crippen LogP contribution in [0.4, 0.5) is 5.95 Å². The Bertz CT molecular complexity index is 1220. The van der Waals surface area contributed by atoms with E-state index in [1.807, 2.05) is 49.4 Å². The maximum atomic E-state index is 13.0. The molecule has 4 rings (SSSR count). The Kier molecular flexibility index (Phi) is 6.37. The third-order valence-corrected chi connectivity index (χ3v) is 5.80. The van der Waals surface area contributed by atoms with Crippen molar-refractivity contribution in [2.24, 2.45) is 0 Å². The Morgan fingerprint density at radius 1 is 1.06 bits per heavy atom. The molecular formula is C23H22N4O4S. The lowest BCUT2D eigenvalue weighted by Gasteiger charge is -2.07. The summed E-state index contributed by atoms with van der Waals surface area (Å²) in [5, 5.41) is 9.71. The number of hydrogen-bond acceptors (Lipinski definition) is 7. The Labute approximate surface area is 189 Å². The van der Waals surface area contributed by atoms with Crippen LogP contribution in [0.1, 0.15) is 16.6 Å². The molecule has 1 amide bonds. The maximum Gasteiger partial charge on any atom is 0.271 e. The summed E-state index contributed by atoms with van der Waals surface area (Å²) in [5.41, 5.74) is 1.71. The lowest BCUT2D eigenvalue weighted by atomic mass is 10.2. The summed E-state index contributed by atoms with van der Waals surface area (Å²) < 4.78 is 16.3. The topological polar surface area (TPSA) is 98.4 Å². The van der Waals surface area contributed by atoms with Gasteiger partial charge in [-0.2, -0.15) is 4.98 Å². The van der Waals surface area contributed by atoms with Crippen molar-refractivity contribution in [2.45, 2.75) is 6.92 Å². The minimum atomic E-state index is -0.340. The fraction of sp³-hybridized carbons (Fsp3) is 0.174. The van der Waals surface area contributed by atoms with Crippen LogP contribution < -0.4 is 19.5 Å². The number of H-pyrrole nitrogens is 1. The van der Waals surface area contributed by atoms with Crippen LogP contribution in [0.25, 0.3) is 21.8 Å². The Balaban J connectivity index is 1.58. The number of anilines is 1. The summed E-state index contributed by atoms with van der Waals surface area (Å²) in [6.45, 7) is 2.33. The normalized spacial score (nSPS) is 10.6. The SMILES string of the molecule is CCOc1cc(-c2ccccc2)sc1C(=O)Nc1n[nH]c(-c2ccc(OC)cc2OC)n1. The molecule has 2 aromatic carbocycles. The summed E-state index contributed by atoms with van der Waals surface area (Å²) >= 11 is 1.36. The van der Waals surface area contributed by atoms with E-state index in [1.165, 1.54) is 11.3 Å². The molecule has 0 spiro atoms. The molecule has 2 N–H and O–H groups in total. The van der Waals surface area contributed by atoms with Gasteiger partial charge in [-0.3, -0.25) is 15.2 Å². The van der Waals surface area contributed by atoms with Crippen molar-refractivity contribution in [3.63, 3.8) is 0 Å². The molecule has 2 heterocycles. The third-order valence-electron chi connectivity index (χ3n) is 4.64. The Morgan fingerprint density at radius 3 is 2.59 bits per heavy atom. The van der Waals surface area contributed by atoms with E-state index in [-0.39, 0.29) is 11.9 Å². The number of aromatic amines is 1. The van der Waals surface area contributed by atoms with Gasteiger partial charge in [-0.05, 0) is 30.7 Å². The number of hydrogen-bond donors (Lipinski definition) is 2. The van der Waals surface area contributed by atoms with Crippen molar-refractivity contribution in [3.8, 4) is 39.1 Å². The molecule has 0 aliphatic carbocycles. The van der Waals surface area contributed by atoms with Gasteiger partial charge in [0.05, 0.1) is 26.4 Å². The van der Waals surface area contributed by atoms with Gasteiger partial charge >= 0.3 is 0 Å². The van der Waals surface area contributed by atoms with Crippen molar-refractivity contribution < 1.29 is 19.0 Å². The molecule has 9 heteroatoms. The molecule has 32 heavy (non-hydrogen) atoms. The van der Waals surface area contributed by atoms with Gasteiger partial charge in [-0.15, -0.1) is 16.4 Å². The number of aromatic nitrogens is 3. The zero-order chi connectivity index (χ0) is 22.5. The predicted octanol–water partition coefficient (Wildman–Crippen LogP) is 4.87. The standard InChI is InChI=1S/C23H22N4O4S/c1-4-31-18-13-19(14-8-6-5-7-9-14)32-20(18)22(28)25-23-24-21(26-27-23)16-11-10-15(29-2)12-17(16)30-3/h5-13H,4H2,1-3H3,(H2,24,25,26,27,28). The smallest absolute Gasteiger partial charge is 0.271 e.